The van der Waals surface area contributed by atoms with Gasteiger partial charge in [0.25, 0.3) is 0 Å². The zero-order valence-corrected chi connectivity index (χ0v) is 25.7. The minimum Gasteiger partial charge on any atom is -0.192 e. The highest BCUT2D eigenvalue weighted by molar-refractivity contribution is 5.93. The van der Waals surface area contributed by atoms with Crippen LogP contribution < -0.4 is 0 Å². The van der Waals surface area contributed by atoms with Gasteiger partial charge in [0, 0.05) is 11.3 Å². The Balaban J connectivity index is 1.11. The third-order valence-corrected chi connectivity index (χ3v) is 10.8. The second kappa shape index (κ2) is 9.65. The monoisotopic (exact) mass is 575 g/mol. The molecule has 0 N–H and O–H groups in total. The molecule has 4 aromatic carbocycles. The lowest BCUT2D eigenvalue weighted by Gasteiger charge is -2.30. The predicted octanol–water partition coefficient (Wildman–Crippen LogP) is 10.8. The number of fused-ring (bicyclic) bond motifs is 8. The van der Waals surface area contributed by atoms with E-state index in [-0.39, 0.29) is 5.41 Å². The first-order valence-corrected chi connectivity index (χ1v) is 16.1. The van der Waals surface area contributed by atoms with Crippen molar-refractivity contribution in [1.29, 1.82) is 5.26 Å². The van der Waals surface area contributed by atoms with Crippen LogP contribution in [0.5, 0.6) is 0 Å². The first kappa shape index (κ1) is 26.2. The molecule has 0 amide bonds. The molecule has 0 bridgehead atoms. The van der Waals surface area contributed by atoms with Gasteiger partial charge in [-0.3, -0.25) is 0 Å². The summed E-state index contributed by atoms with van der Waals surface area (Å²) in [5, 5.41) is 9.56. The Hall–Kier alpha value is -5.19. The van der Waals surface area contributed by atoms with Gasteiger partial charge in [0.1, 0.15) is 0 Å². The molecule has 4 aromatic rings. The fourth-order valence-corrected chi connectivity index (χ4v) is 8.43. The normalized spacial score (nSPS) is 19.4. The van der Waals surface area contributed by atoms with E-state index < -0.39 is 0 Å². The van der Waals surface area contributed by atoms with E-state index in [4.69, 9.17) is 0 Å². The number of rotatable bonds is 2. The molecule has 5 aliphatic carbocycles. The average molecular weight is 576 g/mol. The number of nitriles is 1. The fourth-order valence-electron chi connectivity index (χ4n) is 8.43. The molecule has 0 aliphatic heterocycles. The smallest absolute Gasteiger partial charge is 0.0991 e. The van der Waals surface area contributed by atoms with Crippen LogP contribution in [0.4, 0.5) is 0 Å². The molecular weight excluding hydrogens is 542 g/mol. The molecule has 214 valence electrons. The van der Waals surface area contributed by atoms with Crippen LogP contribution in [0.1, 0.15) is 60.1 Å². The molecular formula is C44H33N. The van der Waals surface area contributed by atoms with Gasteiger partial charge in [-0.1, -0.05) is 117 Å². The van der Waals surface area contributed by atoms with Crippen molar-refractivity contribution in [2.45, 2.75) is 38.5 Å². The standard InChI is InChI=1S/C44H33N/c1-44(2)41-21-27(26-45)11-19-37(41)38-20-18-33(25-42(38)44)36-10-6-8-34-22-32-17-16-31(24-40(32)43(34)36)30-15-14-29-13-12-28-7-4-3-5-9-35(28)39(29)23-30/h3-8,10-21,24-25,39H,9,22-23H2,1-2H3. The van der Waals surface area contributed by atoms with Crippen molar-refractivity contribution in [1.82, 2.24) is 0 Å². The van der Waals surface area contributed by atoms with E-state index in [1.165, 1.54) is 77.9 Å². The van der Waals surface area contributed by atoms with Crippen molar-refractivity contribution in [3.63, 3.8) is 0 Å². The second-order valence-corrected chi connectivity index (χ2v) is 13.6. The lowest BCUT2D eigenvalue weighted by Crippen LogP contribution is -2.15. The van der Waals surface area contributed by atoms with Crippen molar-refractivity contribution in [3.8, 4) is 39.4 Å². The fraction of sp³-hybridized carbons (Fsp3) is 0.159. The highest BCUT2D eigenvalue weighted by Crippen LogP contribution is 2.52. The van der Waals surface area contributed by atoms with Crippen LogP contribution in [0.25, 0.3) is 39.0 Å². The zero-order chi connectivity index (χ0) is 30.3. The number of allylic oxidation sites excluding steroid dienone is 12. The van der Waals surface area contributed by atoms with Gasteiger partial charge < -0.3 is 0 Å². The maximum atomic E-state index is 9.56. The van der Waals surface area contributed by atoms with Gasteiger partial charge in [-0.25, -0.2) is 0 Å². The molecule has 0 spiro atoms. The predicted molar refractivity (Wildman–Crippen MR) is 186 cm³/mol. The van der Waals surface area contributed by atoms with E-state index in [0.29, 0.717) is 5.92 Å². The summed E-state index contributed by atoms with van der Waals surface area (Å²) in [6, 6.07) is 29.5. The highest BCUT2D eigenvalue weighted by Gasteiger charge is 2.36. The van der Waals surface area contributed by atoms with E-state index >= 15 is 0 Å². The minimum absolute atomic E-state index is 0.164. The second-order valence-electron chi connectivity index (χ2n) is 13.6. The summed E-state index contributed by atoms with van der Waals surface area (Å²) in [5.41, 5.74) is 20.9. The molecule has 0 saturated heterocycles. The molecule has 5 aliphatic rings. The Morgan fingerprint density at radius 2 is 1.58 bits per heavy atom. The molecule has 45 heavy (non-hydrogen) atoms. The number of hydrogen-bond donors (Lipinski definition) is 0. The van der Waals surface area contributed by atoms with Gasteiger partial charge >= 0.3 is 0 Å². The van der Waals surface area contributed by atoms with E-state index in [0.717, 1.165) is 24.8 Å². The third kappa shape index (κ3) is 3.92. The van der Waals surface area contributed by atoms with Gasteiger partial charge in [0.2, 0.25) is 0 Å². The summed E-state index contributed by atoms with van der Waals surface area (Å²) in [4.78, 5) is 0. The molecule has 0 radical (unpaired) electrons. The summed E-state index contributed by atoms with van der Waals surface area (Å²) in [5.74, 6) is 0.441. The topological polar surface area (TPSA) is 23.8 Å². The van der Waals surface area contributed by atoms with Crippen LogP contribution in [-0.2, 0) is 11.8 Å². The van der Waals surface area contributed by atoms with Gasteiger partial charge in [0.15, 0.2) is 0 Å². The molecule has 9 rings (SSSR count). The summed E-state index contributed by atoms with van der Waals surface area (Å²) >= 11 is 0. The molecule has 0 heterocycles. The first-order chi connectivity index (χ1) is 22.0. The van der Waals surface area contributed by atoms with Gasteiger partial charge in [0.05, 0.1) is 11.6 Å². The summed E-state index contributed by atoms with van der Waals surface area (Å²) in [6.45, 7) is 4.58. The van der Waals surface area contributed by atoms with Crippen LogP contribution in [0.2, 0.25) is 0 Å². The lowest BCUT2D eigenvalue weighted by molar-refractivity contribution is 0.660. The molecule has 0 fully saturated rings. The number of benzene rings is 4. The minimum atomic E-state index is -0.164. The van der Waals surface area contributed by atoms with E-state index in [9.17, 15) is 5.26 Å². The van der Waals surface area contributed by atoms with Crippen molar-refractivity contribution >= 4 is 5.57 Å². The molecule has 1 heteroatoms. The number of hydrogen-bond acceptors (Lipinski definition) is 1. The summed E-state index contributed by atoms with van der Waals surface area (Å²) in [6.07, 6.45) is 21.2. The summed E-state index contributed by atoms with van der Waals surface area (Å²) in [7, 11) is 0. The van der Waals surface area contributed by atoms with Crippen molar-refractivity contribution < 1.29 is 0 Å². The quantitative estimate of drug-likeness (QED) is 0.205. The van der Waals surface area contributed by atoms with E-state index in [1.54, 1.807) is 5.57 Å². The van der Waals surface area contributed by atoms with Crippen molar-refractivity contribution in [2.24, 2.45) is 5.92 Å². The summed E-state index contributed by atoms with van der Waals surface area (Å²) < 4.78 is 0. The molecule has 1 unspecified atom stereocenters. The lowest BCUT2D eigenvalue weighted by atomic mass is 9.74. The first-order valence-electron chi connectivity index (χ1n) is 16.1. The SMILES string of the molecule is CC1(C)c2cc(C#N)ccc2-c2ccc(-c3cccc4c3-c3cc(C5=CC=C6C=CC7=C(CC=CC=C7)C6C5)ccc3C4)cc21. The Kier molecular flexibility index (Phi) is 5.63. The largest absolute Gasteiger partial charge is 0.192 e. The highest BCUT2D eigenvalue weighted by atomic mass is 14.4. The Morgan fingerprint density at radius 1 is 0.733 bits per heavy atom. The molecule has 0 aromatic heterocycles. The maximum absolute atomic E-state index is 9.56. The molecule has 1 atom stereocenters. The zero-order valence-electron chi connectivity index (χ0n) is 25.7. The van der Waals surface area contributed by atoms with Gasteiger partial charge in [-0.05, 0) is 121 Å². The Labute approximate surface area is 265 Å². The van der Waals surface area contributed by atoms with Gasteiger partial charge in [-0.2, -0.15) is 5.26 Å². The van der Waals surface area contributed by atoms with Crippen molar-refractivity contribution in [2.75, 3.05) is 0 Å². The van der Waals surface area contributed by atoms with E-state index in [2.05, 4.69) is 135 Å². The maximum Gasteiger partial charge on any atom is 0.0991 e. The Bertz CT molecular complexity index is 2220. The van der Waals surface area contributed by atoms with Crippen LogP contribution in [-0.4, -0.2) is 0 Å². The number of nitrogens with zero attached hydrogens (tertiary/aromatic N) is 1. The third-order valence-electron chi connectivity index (χ3n) is 10.8. The molecule has 1 nitrogen and oxygen atoms in total. The molecule has 0 saturated carbocycles. The van der Waals surface area contributed by atoms with Crippen molar-refractivity contribution in [3.05, 3.63) is 172 Å². The van der Waals surface area contributed by atoms with Gasteiger partial charge in [-0.15, -0.1) is 0 Å². The van der Waals surface area contributed by atoms with Crippen LogP contribution >= 0.6 is 0 Å². The average Bonchev–Trinajstić information content (AvgIpc) is 3.42. The van der Waals surface area contributed by atoms with Crippen LogP contribution in [0, 0.1) is 17.2 Å². The van der Waals surface area contributed by atoms with Crippen LogP contribution in [0.15, 0.2) is 138 Å². The van der Waals surface area contributed by atoms with Crippen LogP contribution in [0.3, 0.4) is 0 Å². The van der Waals surface area contributed by atoms with E-state index in [1.807, 2.05) is 6.07 Å². The Morgan fingerprint density at radius 3 is 2.47 bits per heavy atom.